The van der Waals surface area contributed by atoms with E-state index in [0.29, 0.717) is 11.6 Å². The Morgan fingerprint density at radius 3 is 2.92 bits per heavy atom. The van der Waals surface area contributed by atoms with Crippen molar-refractivity contribution in [1.29, 1.82) is 0 Å². The fraction of sp³-hybridized carbons (Fsp3) is 0.111. The van der Waals surface area contributed by atoms with Gasteiger partial charge in [-0.3, -0.25) is 0 Å². The van der Waals surface area contributed by atoms with Crippen LogP contribution in [0, 0.1) is 0 Å². The van der Waals surface area contributed by atoms with E-state index in [-0.39, 0.29) is 0 Å². The molecule has 0 saturated carbocycles. The van der Waals surface area contributed by atoms with Gasteiger partial charge in [0, 0.05) is 22.5 Å². The number of hydrogen-bond acceptors (Lipinski definition) is 2. The van der Waals surface area contributed by atoms with Gasteiger partial charge in [-0.15, -0.1) is 0 Å². The van der Waals surface area contributed by atoms with Crippen LogP contribution in [0.2, 0.25) is 5.02 Å². The molecule has 0 fully saturated rings. The number of benzene rings is 1. The van der Waals surface area contributed by atoms with Crippen LogP contribution in [-0.2, 0) is 6.54 Å². The van der Waals surface area contributed by atoms with E-state index in [1.165, 1.54) is 0 Å². The maximum absolute atomic E-state index is 5.90. The van der Waals surface area contributed by atoms with E-state index >= 15 is 0 Å². The average Bonchev–Trinajstić information content (AvgIpc) is 2.47. The molecule has 2 N–H and O–H groups in total. The normalized spacial score (nSPS) is 11.0. The highest BCUT2D eigenvalue weighted by molar-refractivity contribution is 9.10. The van der Waals surface area contributed by atoms with Gasteiger partial charge in [-0.2, -0.15) is 0 Å². The molecule has 0 bridgehead atoms. The van der Waals surface area contributed by atoms with Crippen LogP contribution in [-0.4, -0.2) is 0 Å². The Bertz CT molecular complexity index is 452. The molecule has 0 aliphatic rings. The molecule has 4 heteroatoms. The van der Waals surface area contributed by atoms with Crippen LogP contribution >= 0.6 is 27.5 Å². The number of rotatable bonds is 1. The van der Waals surface area contributed by atoms with Crippen LogP contribution < -0.4 is 5.73 Å². The highest BCUT2D eigenvalue weighted by Gasteiger charge is 2.08. The van der Waals surface area contributed by atoms with Crippen molar-refractivity contribution < 1.29 is 4.42 Å². The number of nitrogens with two attached hydrogens (primary N) is 1. The van der Waals surface area contributed by atoms with Crippen molar-refractivity contribution in [3.05, 3.63) is 33.5 Å². The minimum absolute atomic E-state index is 0.458. The molecule has 1 heterocycles. The van der Waals surface area contributed by atoms with Crippen molar-refractivity contribution in [3.63, 3.8) is 0 Å². The van der Waals surface area contributed by atoms with E-state index in [1.54, 1.807) is 12.3 Å². The molecule has 0 aliphatic heterocycles. The molecule has 68 valence electrons. The predicted octanol–water partition coefficient (Wildman–Crippen LogP) is 3.31. The summed E-state index contributed by atoms with van der Waals surface area (Å²) in [5, 5.41) is 1.65. The fourth-order valence-corrected chi connectivity index (χ4v) is 2.17. The summed E-state index contributed by atoms with van der Waals surface area (Å²) in [6, 6.07) is 3.65. The summed E-state index contributed by atoms with van der Waals surface area (Å²) in [6.45, 7) is 0.458. The summed E-state index contributed by atoms with van der Waals surface area (Å²) >= 11 is 9.27. The SMILES string of the molecule is NCc1coc2c(Br)cc(Cl)cc12. The maximum atomic E-state index is 5.90. The van der Waals surface area contributed by atoms with Crippen LogP contribution in [0.1, 0.15) is 5.56 Å². The second-order valence-corrected chi connectivity index (χ2v) is 4.02. The fourth-order valence-electron chi connectivity index (χ4n) is 1.27. The first kappa shape index (κ1) is 9.06. The van der Waals surface area contributed by atoms with Gasteiger partial charge >= 0.3 is 0 Å². The molecular formula is C9H7BrClNO. The molecule has 0 aliphatic carbocycles. The Morgan fingerprint density at radius 1 is 1.46 bits per heavy atom. The molecule has 2 aromatic rings. The van der Waals surface area contributed by atoms with Gasteiger partial charge in [-0.25, -0.2) is 0 Å². The summed E-state index contributed by atoms with van der Waals surface area (Å²) in [4.78, 5) is 0. The van der Waals surface area contributed by atoms with E-state index in [4.69, 9.17) is 21.8 Å². The highest BCUT2D eigenvalue weighted by atomic mass is 79.9. The third-order valence-electron chi connectivity index (χ3n) is 1.89. The van der Waals surface area contributed by atoms with Crippen LogP contribution in [0.4, 0.5) is 0 Å². The average molecular weight is 261 g/mol. The molecule has 1 aromatic heterocycles. The van der Waals surface area contributed by atoms with Crippen molar-refractivity contribution in [1.82, 2.24) is 0 Å². The Morgan fingerprint density at radius 2 is 2.23 bits per heavy atom. The third kappa shape index (κ3) is 1.47. The molecule has 0 saturated heterocycles. The maximum Gasteiger partial charge on any atom is 0.148 e. The monoisotopic (exact) mass is 259 g/mol. The van der Waals surface area contributed by atoms with Crippen molar-refractivity contribution in [2.75, 3.05) is 0 Å². The molecule has 0 atom stereocenters. The minimum Gasteiger partial charge on any atom is -0.463 e. The summed E-state index contributed by atoms with van der Waals surface area (Å²) in [5.41, 5.74) is 7.31. The molecule has 0 unspecified atom stereocenters. The lowest BCUT2D eigenvalue weighted by atomic mass is 10.2. The second-order valence-electron chi connectivity index (χ2n) is 2.73. The topological polar surface area (TPSA) is 39.2 Å². The first-order chi connectivity index (χ1) is 6.22. The zero-order valence-corrected chi connectivity index (χ0v) is 9.02. The van der Waals surface area contributed by atoms with Gasteiger partial charge < -0.3 is 10.2 Å². The Kier molecular flexibility index (Phi) is 2.32. The summed E-state index contributed by atoms with van der Waals surface area (Å²) in [7, 11) is 0. The molecule has 0 spiro atoms. The second kappa shape index (κ2) is 3.33. The molecule has 0 radical (unpaired) electrons. The van der Waals surface area contributed by atoms with Gasteiger partial charge in [0.15, 0.2) is 0 Å². The van der Waals surface area contributed by atoms with Crippen LogP contribution in [0.5, 0.6) is 0 Å². The Hall–Kier alpha value is -0.510. The third-order valence-corrected chi connectivity index (χ3v) is 2.70. The smallest absolute Gasteiger partial charge is 0.148 e. The first-order valence-electron chi connectivity index (χ1n) is 3.77. The molecule has 2 nitrogen and oxygen atoms in total. The molecule has 1 aromatic carbocycles. The van der Waals surface area contributed by atoms with Crippen LogP contribution in [0.3, 0.4) is 0 Å². The lowest BCUT2D eigenvalue weighted by Gasteiger charge is -1.95. The van der Waals surface area contributed by atoms with E-state index in [0.717, 1.165) is 21.0 Å². The standard InChI is InChI=1S/C9H7BrClNO/c10-8-2-6(11)1-7-5(3-12)4-13-9(7)8/h1-2,4H,3,12H2. The molecule has 0 amide bonds. The van der Waals surface area contributed by atoms with E-state index in [1.807, 2.05) is 6.07 Å². The van der Waals surface area contributed by atoms with Gasteiger partial charge in [0.1, 0.15) is 5.58 Å². The zero-order chi connectivity index (χ0) is 9.42. The Balaban J connectivity index is 2.82. The highest BCUT2D eigenvalue weighted by Crippen LogP contribution is 2.31. The van der Waals surface area contributed by atoms with Gasteiger partial charge in [-0.05, 0) is 28.1 Å². The summed E-state index contributed by atoms with van der Waals surface area (Å²) in [5.74, 6) is 0. The zero-order valence-electron chi connectivity index (χ0n) is 6.68. The van der Waals surface area contributed by atoms with Gasteiger partial charge in [0.2, 0.25) is 0 Å². The van der Waals surface area contributed by atoms with Gasteiger partial charge in [-0.1, -0.05) is 11.6 Å². The van der Waals surface area contributed by atoms with Crippen molar-refractivity contribution in [3.8, 4) is 0 Å². The lowest BCUT2D eigenvalue weighted by molar-refractivity contribution is 0.609. The number of halogens is 2. The van der Waals surface area contributed by atoms with Gasteiger partial charge in [0.25, 0.3) is 0 Å². The van der Waals surface area contributed by atoms with Crippen LogP contribution in [0.25, 0.3) is 11.0 Å². The summed E-state index contributed by atoms with van der Waals surface area (Å²) in [6.07, 6.45) is 1.66. The first-order valence-corrected chi connectivity index (χ1v) is 4.94. The van der Waals surface area contributed by atoms with E-state index in [2.05, 4.69) is 15.9 Å². The number of fused-ring (bicyclic) bond motifs is 1. The van der Waals surface area contributed by atoms with Gasteiger partial charge in [0.05, 0.1) is 10.7 Å². The number of furan rings is 1. The Labute approximate surface area is 88.8 Å². The molecule has 13 heavy (non-hydrogen) atoms. The predicted molar refractivity (Wildman–Crippen MR) is 56.8 cm³/mol. The van der Waals surface area contributed by atoms with Crippen molar-refractivity contribution >= 4 is 38.5 Å². The van der Waals surface area contributed by atoms with Crippen LogP contribution in [0.15, 0.2) is 27.3 Å². The van der Waals surface area contributed by atoms with E-state index < -0.39 is 0 Å². The number of hydrogen-bond donors (Lipinski definition) is 1. The van der Waals surface area contributed by atoms with Crippen molar-refractivity contribution in [2.45, 2.75) is 6.54 Å². The quantitative estimate of drug-likeness (QED) is 0.854. The molecular weight excluding hydrogens is 253 g/mol. The summed E-state index contributed by atoms with van der Waals surface area (Å²) < 4.78 is 6.20. The minimum atomic E-state index is 0.458. The lowest BCUT2D eigenvalue weighted by Crippen LogP contribution is -1.93. The molecule has 2 rings (SSSR count). The largest absolute Gasteiger partial charge is 0.463 e. The van der Waals surface area contributed by atoms with E-state index in [9.17, 15) is 0 Å². The van der Waals surface area contributed by atoms with Crippen molar-refractivity contribution in [2.24, 2.45) is 5.73 Å².